The summed E-state index contributed by atoms with van der Waals surface area (Å²) in [6.07, 6.45) is 0.725. The third-order valence-corrected chi connectivity index (χ3v) is 5.29. The van der Waals surface area contributed by atoms with Crippen LogP contribution in [0.3, 0.4) is 0 Å². The lowest BCUT2D eigenvalue weighted by Gasteiger charge is -2.39. The highest BCUT2D eigenvalue weighted by atomic mass is 16.6. The quantitative estimate of drug-likeness (QED) is 0.732. The van der Waals surface area contributed by atoms with Crippen molar-refractivity contribution < 1.29 is 14.3 Å². The lowest BCUT2D eigenvalue weighted by molar-refractivity contribution is 0.0188. The van der Waals surface area contributed by atoms with Crippen LogP contribution in [0.25, 0.3) is 0 Å². The zero-order chi connectivity index (χ0) is 17.8. The number of carbonyl (C=O) groups is 1. The summed E-state index contributed by atoms with van der Waals surface area (Å²) >= 11 is 0. The smallest absolute Gasteiger partial charge is 0.410 e. The van der Waals surface area contributed by atoms with Gasteiger partial charge < -0.3 is 25.0 Å². The monoisotopic (exact) mass is 345 g/mol. The van der Waals surface area contributed by atoms with Crippen LogP contribution in [0, 0.1) is 0 Å². The van der Waals surface area contributed by atoms with E-state index in [1.165, 1.54) is 16.8 Å². The van der Waals surface area contributed by atoms with Crippen LogP contribution in [0.2, 0.25) is 0 Å². The fourth-order valence-electron chi connectivity index (χ4n) is 4.39. The maximum atomic E-state index is 12.5. The molecule has 0 radical (unpaired) electrons. The van der Waals surface area contributed by atoms with Crippen molar-refractivity contribution in [3.8, 4) is 0 Å². The molecule has 136 valence electrons. The molecule has 1 aromatic carbocycles. The molecule has 0 bridgehead atoms. The van der Waals surface area contributed by atoms with Gasteiger partial charge in [0, 0.05) is 48.5 Å². The van der Waals surface area contributed by atoms with E-state index in [-0.39, 0.29) is 12.0 Å². The van der Waals surface area contributed by atoms with Crippen LogP contribution < -0.4 is 10.6 Å². The van der Waals surface area contributed by atoms with Crippen molar-refractivity contribution in [2.75, 3.05) is 36.9 Å². The lowest BCUT2D eigenvalue weighted by Crippen LogP contribution is -2.49. The summed E-state index contributed by atoms with van der Waals surface area (Å²) in [5.41, 5.74) is 10.2. The van der Waals surface area contributed by atoms with E-state index in [1.54, 1.807) is 0 Å². The van der Waals surface area contributed by atoms with Crippen molar-refractivity contribution in [3.05, 3.63) is 23.3 Å². The van der Waals surface area contributed by atoms with Gasteiger partial charge in [0.15, 0.2) is 0 Å². The number of fused-ring (bicyclic) bond motifs is 3. The number of likely N-dealkylation sites (tertiary alicyclic amines) is 1. The van der Waals surface area contributed by atoms with Crippen LogP contribution in [-0.2, 0) is 16.1 Å². The minimum absolute atomic E-state index is 0.217. The number of ether oxygens (including phenoxy) is 2. The van der Waals surface area contributed by atoms with Crippen LogP contribution in [0.5, 0.6) is 0 Å². The minimum Gasteiger partial charge on any atom is -0.444 e. The van der Waals surface area contributed by atoms with Gasteiger partial charge in [-0.1, -0.05) is 0 Å². The van der Waals surface area contributed by atoms with Gasteiger partial charge in [-0.2, -0.15) is 0 Å². The van der Waals surface area contributed by atoms with Crippen molar-refractivity contribution in [2.24, 2.45) is 0 Å². The molecule has 0 saturated carbocycles. The Hall–Kier alpha value is -1.95. The molecule has 25 heavy (non-hydrogen) atoms. The molecule has 3 aliphatic heterocycles. The number of carbonyl (C=O) groups excluding carboxylic acids is 1. The highest BCUT2D eigenvalue weighted by Crippen LogP contribution is 2.48. The number of hydrogen-bond acceptors (Lipinski definition) is 5. The second-order valence-corrected chi connectivity index (χ2v) is 8.25. The molecule has 6 heteroatoms. The van der Waals surface area contributed by atoms with Crippen molar-refractivity contribution in [3.63, 3.8) is 0 Å². The number of hydrogen-bond donors (Lipinski definition) is 1. The summed E-state index contributed by atoms with van der Waals surface area (Å²) in [7, 11) is 0. The zero-order valence-electron chi connectivity index (χ0n) is 15.2. The van der Waals surface area contributed by atoms with Gasteiger partial charge in [0.1, 0.15) is 5.60 Å². The third-order valence-electron chi connectivity index (χ3n) is 5.29. The summed E-state index contributed by atoms with van der Waals surface area (Å²) in [4.78, 5) is 16.8. The van der Waals surface area contributed by atoms with Gasteiger partial charge in [0.25, 0.3) is 0 Å². The molecule has 2 atom stereocenters. The number of nitrogen functional groups attached to an aromatic ring is 1. The largest absolute Gasteiger partial charge is 0.444 e. The number of anilines is 2. The molecule has 1 unspecified atom stereocenters. The first-order valence-corrected chi connectivity index (χ1v) is 9.08. The molecule has 0 aromatic heterocycles. The summed E-state index contributed by atoms with van der Waals surface area (Å²) < 4.78 is 11.3. The number of amides is 1. The first kappa shape index (κ1) is 16.5. The van der Waals surface area contributed by atoms with Gasteiger partial charge in [-0.05, 0) is 44.9 Å². The summed E-state index contributed by atoms with van der Waals surface area (Å²) in [6.45, 7) is 9.37. The molecule has 1 saturated heterocycles. The summed E-state index contributed by atoms with van der Waals surface area (Å²) in [5.74, 6) is 0.289. The van der Waals surface area contributed by atoms with Gasteiger partial charge in [-0.15, -0.1) is 0 Å². The average molecular weight is 345 g/mol. The highest BCUT2D eigenvalue weighted by Gasteiger charge is 2.45. The van der Waals surface area contributed by atoms with Gasteiger partial charge in [0.2, 0.25) is 0 Å². The first-order valence-electron chi connectivity index (χ1n) is 9.08. The second-order valence-electron chi connectivity index (χ2n) is 8.25. The van der Waals surface area contributed by atoms with Crippen molar-refractivity contribution in [1.29, 1.82) is 0 Å². The third kappa shape index (κ3) is 2.92. The van der Waals surface area contributed by atoms with Crippen molar-refractivity contribution in [1.82, 2.24) is 4.90 Å². The van der Waals surface area contributed by atoms with Crippen molar-refractivity contribution in [2.45, 2.75) is 51.4 Å². The molecule has 3 aliphatic rings. The van der Waals surface area contributed by atoms with Gasteiger partial charge in [0.05, 0.1) is 13.2 Å². The van der Waals surface area contributed by atoms with Crippen LogP contribution >= 0.6 is 0 Å². The highest BCUT2D eigenvalue weighted by molar-refractivity contribution is 5.73. The predicted molar refractivity (Wildman–Crippen MR) is 96.8 cm³/mol. The summed E-state index contributed by atoms with van der Waals surface area (Å²) in [5, 5.41) is 0. The van der Waals surface area contributed by atoms with E-state index in [0.717, 1.165) is 31.8 Å². The van der Waals surface area contributed by atoms with Crippen LogP contribution in [-0.4, -0.2) is 48.9 Å². The molecule has 0 aliphatic carbocycles. The molecule has 1 fully saturated rings. The molecule has 1 aromatic rings. The van der Waals surface area contributed by atoms with Gasteiger partial charge >= 0.3 is 6.09 Å². The maximum Gasteiger partial charge on any atom is 0.410 e. The topological polar surface area (TPSA) is 68.0 Å². The molecular formula is C19H27N3O3. The molecule has 0 spiro atoms. The fraction of sp³-hybridized carbons (Fsp3) is 0.632. The molecule has 1 amide bonds. The van der Waals surface area contributed by atoms with E-state index in [0.29, 0.717) is 19.2 Å². The number of piperidine rings is 1. The van der Waals surface area contributed by atoms with Gasteiger partial charge in [-0.25, -0.2) is 4.79 Å². The average Bonchev–Trinajstić information content (AvgIpc) is 2.68. The normalized spacial score (nSPS) is 25.2. The lowest BCUT2D eigenvalue weighted by atomic mass is 9.88. The molecule has 4 rings (SSSR count). The fourth-order valence-corrected chi connectivity index (χ4v) is 4.39. The van der Waals surface area contributed by atoms with E-state index in [9.17, 15) is 4.79 Å². The Morgan fingerprint density at radius 3 is 2.88 bits per heavy atom. The minimum atomic E-state index is -0.469. The Labute approximate surface area is 148 Å². The SMILES string of the molecule is CC(C)(C)OC(=O)N1CCC2[C@@H](C1)c1cc(N)cc3c1N2CCOC3. The van der Waals surface area contributed by atoms with E-state index < -0.39 is 5.60 Å². The number of nitrogens with two attached hydrogens (primary N) is 1. The number of benzene rings is 1. The van der Waals surface area contributed by atoms with Gasteiger partial charge in [-0.3, -0.25) is 0 Å². The maximum absolute atomic E-state index is 12.5. The zero-order valence-corrected chi connectivity index (χ0v) is 15.2. The molecule has 3 heterocycles. The molecular weight excluding hydrogens is 318 g/mol. The van der Waals surface area contributed by atoms with Crippen LogP contribution in [0.1, 0.15) is 44.2 Å². The number of rotatable bonds is 0. The molecule has 6 nitrogen and oxygen atoms in total. The first-order chi connectivity index (χ1) is 11.8. The Morgan fingerprint density at radius 2 is 2.12 bits per heavy atom. The van der Waals surface area contributed by atoms with E-state index >= 15 is 0 Å². The summed E-state index contributed by atoms with van der Waals surface area (Å²) in [6, 6.07) is 4.52. The standard InChI is InChI=1S/C19H27N3O3/c1-19(2,3)25-18(23)21-5-4-16-15(10-21)14-9-13(20)8-12-11-24-7-6-22(16)17(12)14/h8-9,15-16H,4-7,10-11,20H2,1-3H3/t15-,16?/m0/s1. The van der Waals surface area contributed by atoms with E-state index in [4.69, 9.17) is 15.2 Å². The van der Waals surface area contributed by atoms with E-state index in [2.05, 4.69) is 11.0 Å². The van der Waals surface area contributed by atoms with Crippen LogP contribution in [0.15, 0.2) is 12.1 Å². The number of nitrogens with zero attached hydrogens (tertiary/aromatic N) is 2. The van der Waals surface area contributed by atoms with Crippen LogP contribution in [0.4, 0.5) is 16.2 Å². The Kier molecular flexibility index (Phi) is 3.83. The molecule has 2 N–H and O–H groups in total. The Bertz CT molecular complexity index is 698. The Morgan fingerprint density at radius 1 is 1.32 bits per heavy atom. The predicted octanol–water partition coefficient (Wildman–Crippen LogP) is 2.71. The van der Waals surface area contributed by atoms with Crippen molar-refractivity contribution >= 4 is 17.5 Å². The van der Waals surface area contributed by atoms with E-state index in [1.807, 2.05) is 31.7 Å². The second kappa shape index (κ2) is 5.80. The Balaban J connectivity index is 1.64.